The van der Waals surface area contributed by atoms with E-state index in [1.165, 1.54) is 11.0 Å². The molecule has 0 atom stereocenters. The minimum Gasteiger partial charge on any atom is -0.497 e. The van der Waals surface area contributed by atoms with Gasteiger partial charge in [0.25, 0.3) is 0 Å². The number of hydrogen-bond acceptors (Lipinski definition) is 2. The van der Waals surface area contributed by atoms with Crippen LogP contribution >= 0.6 is 11.6 Å². The summed E-state index contributed by atoms with van der Waals surface area (Å²) < 4.78 is 18.8. The Morgan fingerprint density at radius 3 is 2.43 bits per heavy atom. The third-order valence-electron chi connectivity index (χ3n) is 3.09. The Labute approximate surface area is 127 Å². The molecule has 21 heavy (non-hydrogen) atoms. The van der Waals surface area contributed by atoms with E-state index < -0.39 is 0 Å². The molecular weight excluding hydrogens is 293 g/mol. The predicted octanol–water partition coefficient (Wildman–Crippen LogP) is 3.61. The summed E-state index contributed by atoms with van der Waals surface area (Å²) in [5.41, 5.74) is 1.08. The molecule has 0 N–H and O–H groups in total. The van der Waals surface area contributed by atoms with Crippen molar-refractivity contribution in [2.75, 3.05) is 17.9 Å². The van der Waals surface area contributed by atoms with Gasteiger partial charge in [-0.3, -0.25) is 4.79 Å². The average molecular weight is 308 g/mol. The molecule has 0 saturated carbocycles. The maximum atomic E-state index is 13.8. The van der Waals surface area contributed by atoms with Gasteiger partial charge in [-0.05, 0) is 30.3 Å². The van der Waals surface area contributed by atoms with Crippen LogP contribution in [0.4, 0.5) is 10.1 Å². The third kappa shape index (κ3) is 3.73. The number of amides is 1. The van der Waals surface area contributed by atoms with E-state index in [0.29, 0.717) is 17.0 Å². The van der Waals surface area contributed by atoms with Crippen LogP contribution in [0.15, 0.2) is 48.5 Å². The third-order valence-corrected chi connectivity index (χ3v) is 3.31. The minimum absolute atomic E-state index is 0.130. The lowest BCUT2D eigenvalue weighted by atomic mass is 10.2. The van der Waals surface area contributed by atoms with Crippen molar-refractivity contribution in [1.82, 2.24) is 0 Å². The van der Waals surface area contributed by atoms with Gasteiger partial charge < -0.3 is 9.64 Å². The van der Waals surface area contributed by atoms with Crippen LogP contribution in [-0.2, 0) is 11.3 Å². The number of carbonyl (C=O) groups excluding carboxylic acids is 1. The zero-order valence-corrected chi connectivity index (χ0v) is 12.3. The Balaban J connectivity index is 2.30. The van der Waals surface area contributed by atoms with E-state index in [4.69, 9.17) is 16.3 Å². The fourth-order valence-electron chi connectivity index (χ4n) is 1.95. The van der Waals surface area contributed by atoms with E-state index >= 15 is 0 Å². The molecule has 5 heteroatoms. The number of halogens is 2. The molecule has 0 aromatic heterocycles. The number of alkyl halides is 1. The summed E-state index contributed by atoms with van der Waals surface area (Å²) in [4.78, 5) is 13.5. The van der Waals surface area contributed by atoms with E-state index in [-0.39, 0.29) is 24.1 Å². The molecule has 2 aromatic rings. The van der Waals surface area contributed by atoms with E-state index in [2.05, 4.69) is 0 Å². The van der Waals surface area contributed by atoms with Gasteiger partial charge in [-0.1, -0.05) is 18.2 Å². The lowest BCUT2D eigenvalue weighted by Gasteiger charge is -2.22. The van der Waals surface area contributed by atoms with E-state index in [0.717, 1.165) is 0 Å². The highest BCUT2D eigenvalue weighted by Gasteiger charge is 2.17. The molecule has 0 spiro atoms. The smallest absolute Gasteiger partial charge is 0.242 e. The van der Waals surface area contributed by atoms with Crippen LogP contribution in [0, 0.1) is 5.82 Å². The monoisotopic (exact) mass is 307 g/mol. The van der Waals surface area contributed by atoms with Crippen LogP contribution in [0.3, 0.4) is 0 Å². The van der Waals surface area contributed by atoms with Gasteiger partial charge in [-0.25, -0.2) is 4.39 Å². The molecule has 0 aliphatic rings. The minimum atomic E-state index is -0.349. The number of rotatable bonds is 5. The Hall–Kier alpha value is -2.07. The van der Waals surface area contributed by atoms with Crippen molar-refractivity contribution in [1.29, 1.82) is 0 Å². The van der Waals surface area contributed by atoms with Crippen molar-refractivity contribution in [3.8, 4) is 5.75 Å². The Bertz CT molecular complexity index is 616. The zero-order chi connectivity index (χ0) is 15.2. The summed E-state index contributed by atoms with van der Waals surface area (Å²) in [6.45, 7) is 0.130. The van der Waals surface area contributed by atoms with Gasteiger partial charge >= 0.3 is 0 Å². The Morgan fingerprint density at radius 2 is 1.86 bits per heavy atom. The molecule has 0 aliphatic heterocycles. The molecule has 0 radical (unpaired) electrons. The first-order valence-corrected chi connectivity index (χ1v) is 6.93. The van der Waals surface area contributed by atoms with Crippen LogP contribution < -0.4 is 9.64 Å². The van der Waals surface area contributed by atoms with Crippen LogP contribution in [0.25, 0.3) is 0 Å². The van der Waals surface area contributed by atoms with Gasteiger partial charge in [0.2, 0.25) is 5.91 Å². The Morgan fingerprint density at radius 1 is 1.19 bits per heavy atom. The van der Waals surface area contributed by atoms with Gasteiger partial charge in [0.1, 0.15) is 17.4 Å². The second-order valence-electron chi connectivity index (χ2n) is 4.40. The molecule has 0 bridgehead atoms. The topological polar surface area (TPSA) is 29.5 Å². The summed E-state index contributed by atoms with van der Waals surface area (Å²) in [6, 6.07) is 13.3. The van der Waals surface area contributed by atoms with Crippen molar-refractivity contribution in [3.05, 3.63) is 59.9 Å². The first-order chi connectivity index (χ1) is 10.2. The lowest BCUT2D eigenvalue weighted by molar-refractivity contribution is -0.116. The highest BCUT2D eigenvalue weighted by Crippen LogP contribution is 2.22. The standard InChI is InChI=1S/C16H15ClFNO2/c1-21-14-8-6-13(7-9-14)19(16(20)10-17)11-12-4-2-3-5-15(12)18/h2-9H,10-11H2,1H3. The quantitative estimate of drug-likeness (QED) is 0.790. The number of benzene rings is 2. The van der Waals surface area contributed by atoms with Crippen LogP contribution in [-0.4, -0.2) is 18.9 Å². The van der Waals surface area contributed by atoms with Gasteiger partial charge in [-0.2, -0.15) is 0 Å². The molecule has 0 unspecified atom stereocenters. The molecule has 1 amide bonds. The fraction of sp³-hybridized carbons (Fsp3) is 0.188. The molecule has 2 aromatic carbocycles. The molecule has 0 heterocycles. The highest BCUT2D eigenvalue weighted by molar-refractivity contribution is 6.29. The number of carbonyl (C=O) groups is 1. The number of methoxy groups -OCH3 is 1. The van der Waals surface area contributed by atoms with Crippen LogP contribution in [0.2, 0.25) is 0 Å². The second-order valence-corrected chi connectivity index (χ2v) is 4.67. The number of anilines is 1. The van der Waals surface area contributed by atoms with Gasteiger partial charge in [-0.15, -0.1) is 11.6 Å². The first kappa shape index (κ1) is 15.3. The average Bonchev–Trinajstić information content (AvgIpc) is 2.53. The summed E-state index contributed by atoms with van der Waals surface area (Å²) in [5.74, 6) is -0.119. The van der Waals surface area contributed by atoms with Crippen molar-refractivity contribution in [2.45, 2.75) is 6.54 Å². The predicted molar refractivity (Wildman–Crippen MR) is 81.3 cm³/mol. The lowest BCUT2D eigenvalue weighted by Crippen LogP contribution is -2.31. The maximum absolute atomic E-state index is 13.8. The molecule has 110 valence electrons. The van der Waals surface area contributed by atoms with Crippen LogP contribution in [0.5, 0.6) is 5.75 Å². The largest absolute Gasteiger partial charge is 0.497 e. The normalized spacial score (nSPS) is 10.2. The number of nitrogens with zero attached hydrogens (tertiary/aromatic N) is 1. The molecule has 3 nitrogen and oxygen atoms in total. The molecule has 0 saturated heterocycles. The van der Waals surface area contributed by atoms with Crippen molar-refractivity contribution >= 4 is 23.2 Å². The summed E-state index contributed by atoms with van der Waals surface area (Å²) in [5, 5.41) is 0. The Kier molecular flexibility index (Phi) is 5.17. The van der Waals surface area contributed by atoms with Crippen molar-refractivity contribution in [3.63, 3.8) is 0 Å². The van der Waals surface area contributed by atoms with E-state index in [1.54, 1.807) is 49.6 Å². The van der Waals surface area contributed by atoms with E-state index in [1.807, 2.05) is 0 Å². The summed E-state index contributed by atoms with van der Waals surface area (Å²) >= 11 is 5.65. The zero-order valence-electron chi connectivity index (χ0n) is 11.6. The SMILES string of the molecule is COc1ccc(N(Cc2ccccc2F)C(=O)CCl)cc1. The molecular formula is C16H15ClFNO2. The number of hydrogen-bond donors (Lipinski definition) is 0. The van der Waals surface area contributed by atoms with Crippen molar-refractivity contribution in [2.24, 2.45) is 0 Å². The molecule has 0 fully saturated rings. The van der Waals surface area contributed by atoms with E-state index in [9.17, 15) is 9.18 Å². The fourth-order valence-corrected chi connectivity index (χ4v) is 2.10. The summed E-state index contributed by atoms with van der Waals surface area (Å²) in [6.07, 6.45) is 0. The molecule has 2 rings (SSSR count). The first-order valence-electron chi connectivity index (χ1n) is 6.39. The van der Waals surface area contributed by atoms with Gasteiger partial charge in [0.15, 0.2) is 0 Å². The van der Waals surface area contributed by atoms with Crippen molar-refractivity contribution < 1.29 is 13.9 Å². The maximum Gasteiger partial charge on any atom is 0.242 e. The van der Waals surface area contributed by atoms with Gasteiger partial charge in [0, 0.05) is 11.3 Å². The highest BCUT2D eigenvalue weighted by atomic mass is 35.5. The molecule has 0 aliphatic carbocycles. The summed E-state index contributed by atoms with van der Waals surface area (Å²) in [7, 11) is 1.57. The number of ether oxygens (including phenoxy) is 1. The van der Waals surface area contributed by atoms with Gasteiger partial charge in [0.05, 0.1) is 13.7 Å². The van der Waals surface area contributed by atoms with Crippen LogP contribution in [0.1, 0.15) is 5.56 Å². The second kappa shape index (κ2) is 7.09.